The molecule has 1 N–H and O–H groups in total. The molecule has 1 aliphatic rings. The summed E-state index contributed by atoms with van der Waals surface area (Å²) in [6.45, 7) is 6.51. The predicted molar refractivity (Wildman–Crippen MR) is 109 cm³/mol. The van der Waals surface area contributed by atoms with Crippen LogP contribution in [0, 0.1) is 28.4 Å². The van der Waals surface area contributed by atoms with Crippen LogP contribution in [0.25, 0.3) is 0 Å². The third kappa shape index (κ3) is 3.64. The lowest BCUT2D eigenvalue weighted by Crippen LogP contribution is -2.44. The maximum atomic E-state index is 15.0. The fraction of sp³-hybridized carbons (Fsp3) is 0.409. The second-order valence-corrected chi connectivity index (χ2v) is 9.37. The average molecular weight is 423 g/mol. The average Bonchev–Trinajstić information content (AvgIpc) is 2.94. The number of nitriles is 1. The first-order chi connectivity index (χ1) is 13.1. The lowest BCUT2D eigenvalue weighted by Gasteiger charge is -2.37. The van der Waals surface area contributed by atoms with E-state index in [1.165, 1.54) is 12.1 Å². The Bertz CT molecular complexity index is 933. The zero-order chi connectivity index (χ0) is 20.7. The number of benzene rings is 2. The minimum absolute atomic E-state index is 0.0137. The SMILES string of the molecule is CC(C)(C)C[C@@H]1NCC(c2cccc(Cl)c2F)C1(C#N)c1ccc(Cl)cc1F. The maximum absolute atomic E-state index is 15.0. The fourth-order valence-corrected chi connectivity index (χ4v) is 4.57. The summed E-state index contributed by atoms with van der Waals surface area (Å²) >= 11 is 11.9. The Labute approximate surface area is 174 Å². The van der Waals surface area contributed by atoms with Gasteiger partial charge in [0.15, 0.2) is 0 Å². The van der Waals surface area contributed by atoms with E-state index in [1.807, 2.05) is 0 Å². The van der Waals surface area contributed by atoms with Gasteiger partial charge in [-0.15, -0.1) is 0 Å². The molecule has 2 aromatic rings. The molecule has 1 saturated heterocycles. The Balaban J connectivity index is 2.25. The van der Waals surface area contributed by atoms with Crippen molar-refractivity contribution in [3.8, 4) is 6.07 Å². The van der Waals surface area contributed by atoms with Crippen LogP contribution in [-0.2, 0) is 5.41 Å². The monoisotopic (exact) mass is 422 g/mol. The number of hydrogen-bond donors (Lipinski definition) is 1. The molecule has 28 heavy (non-hydrogen) atoms. The number of hydrogen-bond acceptors (Lipinski definition) is 2. The lowest BCUT2D eigenvalue weighted by molar-refractivity contribution is 0.278. The number of nitrogens with zero attached hydrogens (tertiary/aromatic N) is 1. The Morgan fingerprint density at radius 3 is 2.54 bits per heavy atom. The summed E-state index contributed by atoms with van der Waals surface area (Å²) < 4.78 is 29.9. The molecule has 148 valence electrons. The zero-order valence-electron chi connectivity index (χ0n) is 16.0. The van der Waals surface area contributed by atoms with Crippen LogP contribution < -0.4 is 5.32 Å². The van der Waals surface area contributed by atoms with E-state index in [4.69, 9.17) is 23.2 Å². The van der Waals surface area contributed by atoms with Crippen molar-refractivity contribution in [3.05, 3.63) is 69.2 Å². The van der Waals surface area contributed by atoms with E-state index in [-0.39, 0.29) is 27.1 Å². The Hall–Kier alpha value is -1.67. The predicted octanol–water partition coefficient (Wildman–Crippen LogP) is 6.22. The van der Waals surface area contributed by atoms with E-state index in [0.717, 1.165) is 0 Å². The van der Waals surface area contributed by atoms with Crippen molar-refractivity contribution in [1.82, 2.24) is 5.32 Å². The molecule has 2 unspecified atom stereocenters. The largest absolute Gasteiger partial charge is 0.311 e. The lowest BCUT2D eigenvalue weighted by atomic mass is 9.64. The van der Waals surface area contributed by atoms with Gasteiger partial charge in [0, 0.05) is 29.1 Å². The van der Waals surface area contributed by atoms with Gasteiger partial charge in [-0.1, -0.05) is 62.2 Å². The van der Waals surface area contributed by atoms with Gasteiger partial charge in [0.1, 0.15) is 17.0 Å². The van der Waals surface area contributed by atoms with Crippen LogP contribution in [0.4, 0.5) is 8.78 Å². The van der Waals surface area contributed by atoms with E-state index in [2.05, 4.69) is 32.2 Å². The molecule has 3 rings (SSSR count). The standard InChI is InChI=1S/C22H22Cl2F2N2/c1-21(2,3)10-19-22(12-27,15-8-7-13(23)9-18(15)25)16(11-28-19)14-5-4-6-17(24)20(14)26/h4-9,16,19,28H,10-11H2,1-3H3/t16?,19-,22?/m0/s1. The van der Waals surface area contributed by atoms with Crippen LogP contribution in [-0.4, -0.2) is 12.6 Å². The van der Waals surface area contributed by atoms with Gasteiger partial charge >= 0.3 is 0 Å². The van der Waals surface area contributed by atoms with E-state index < -0.39 is 23.0 Å². The molecule has 0 spiro atoms. The fourth-order valence-electron chi connectivity index (χ4n) is 4.23. The second kappa shape index (κ2) is 7.63. The van der Waals surface area contributed by atoms with Crippen molar-refractivity contribution in [3.63, 3.8) is 0 Å². The summed E-state index contributed by atoms with van der Waals surface area (Å²) in [5, 5.41) is 14.0. The summed E-state index contributed by atoms with van der Waals surface area (Å²) in [5.74, 6) is -1.73. The number of halogens is 4. The third-order valence-electron chi connectivity index (χ3n) is 5.40. The topological polar surface area (TPSA) is 35.8 Å². The molecule has 1 fully saturated rings. The molecule has 2 nitrogen and oxygen atoms in total. The molecule has 0 saturated carbocycles. The highest BCUT2D eigenvalue weighted by atomic mass is 35.5. The molecule has 0 aliphatic carbocycles. The smallest absolute Gasteiger partial charge is 0.145 e. The minimum atomic E-state index is -1.30. The summed E-state index contributed by atoms with van der Waals surface area (Å²) in [4.78, 5) is 0. The Morgan fingerprint density at radius 2 is 1.93 bits per heavy atom. The molecular formula is C22H22Cl2F2N2. The molecule has 2 aromatic carbocycles. The summed E-state index contributed by atoms with van der Waals surface area (Å²) in [6, 6.07) is 11.0. The molecule has 0 aromatic heterocycles. The molecule has 1 heterocycles. The maximum Gasteiger partial charge on any atom is 0.145 e. The molecule has 0 radical (unpaired) electrons. The first kappa shape index (κ1) is 21.0. The van der Waals surface area contributed by atoms with Crippen LogP contribution >= 0.6 is 23.2 Å². The minimum Gasteiger partial charge on any atom is -0.311 e. The normalized spacial score (nSPS) is 24.9. The zero-order valence-corrected chi connectivity index (χ0v) is 17.5. The van der Waals surface area contributed by atoms with Crippen LogP contribution in [0.5, 0.6) is 0 Å². The van der Waals surface area contributed by atoms with Gasteiger partial charge < -0.3 is 5.32 Å². The van der Waals surface area contributed by atoms with Gasteiger partial charge in [-0.2, -0.15) is 5.26 Å². The number of rotatable bonds is 3. The molecule has 0 amide bonds. The summed E-state index contributed by atoms with van der Waals surface area (Å²) in [6.07, 6.45) is 0.612. The quantitative estimate of drug-likeness (QED) is 0.636. The van der Waals surface area contributed by atoms with Crippen molar-refractivity contribution in [2.45, 2.75) is 44.6 Å². The number of nitrogens with one attached hydrogen (secondary N) is 1. The van der Waals surface area contributed by atoms with E-state index in [1.54, 1.807) is 24.3 Å². The van der Waals surface area contributed by atoms with Crippen molar-refractivity contribution in [2.75, 3.05) is 6.54 Å². The van der Waals surface area contributed by atoms with Crippen LogP contribution in [0.15, 0.2) is 36.4 Å². The van der Waals surface area contributed by atoms with Gasteiger partial charge in [0.25, 0.3) is 0 Å². The second-order valence-electron chi connectivity index (χ2n) is 8.53. The van der Waals surface area contributed by atoms with Crippen molar-refractivity contribution in [2.24, 2.45) is 5.41 Å². The van der Waals surface area contributed by atoms with Crippen molar-refractivity contribution in [1.29, 1.82) is 5.26 Å². The third-order valence-corrected chi connectivity index (χ3v) is 5.93. The van der Waals surface area contributed by atoms with Gasteiger partial charge in [0.2, 0.25) is 0 Å². The molecule has 3 atom stereocenters. The summed E-state index contributed by atoms with van der Waals surface area (Å²) in [5.41, 5.74) is -0.881. The van der Waals surface area contributed by atoms with Gasteiger partial charge in [0.05, 0.1) is 11.1 Å². The molecule has 1 aliphatic heterocycles. The van der Waals surface area contributed by atoms with Gasteiger partial charge in [-0.25, -0.2) is 8.78 Å². The first-order valence-electron chi connectivity index (χ1n) is 9.14. The summed E-state index contributed by atoms with van der Waals surface area (Å²) in [7, 11) is 0. The molecular weight excluding hydrogens is 401 g/mol. The van der Waals surface area contributed by atoms with Gasteiger partial charge in [-0.3, -0.25) is 0 Å². The Morgan fingerprint density at radius 1 is 1.21 bits per heavy atom. The Kier molecular flexibility index (Phi) is 5.74. The highest BCUT2D eigenvalue weighted by Crippen LogP contribution is 2.50. The highest BCUT2D eigenvalue weighted by Gasteiger charge is 2.55. The first-order valence-corrected chi connectivity index (χ1v) is 9.90. The van der Waals surface area contributed by atoms with E-state index >= 15 is 4.39 Å². The van der Waals surface area contributed by atoms with Crippen molar-refractivity contribution >= 4 is 23.2 Å². The molecule has 0 bridgehead atoms. The van der Waals surface area contributed by atoms with Crippen LogP contribution in [0.2, 0.25) is 10.0 Å². The van der Waals surface area contributed by atoms with Crippen LogP contribution in [0.3, 0.4) is 0 Å². The van der Waals surface area contributed by atoms with E-state index in [9.17, 15) is 9.65 Å². The van der Waals surface area contributed by atoms with Crippen molar-refractivity contribution < 1.29 is 8.78 Å². The van der Waals surface area contributed by atoms with Gasteiger partial charge in [-0.05, 0) is 35.6 Å². The van der Waals surface area contributed by atoms with Crippen LogP contribution in [0.1, 0.15) is 44.2 Å². The van der Waals surface area contributed by atoms with E-state index in [0.29, 0.717) is 18.5 Å². The molecule has 6 heteroatoms. The highest BCUT2D eigenvalue weighted by molar-refractivity contribution is 6.31.